The van der Waals surface area contributed by atoms with Gasteiger partial charge in [0.25, 0.3) is 0 Å². The Morgan fingerprint density at radius 2 is 0.955 bits per heavy atom. The molecule has 4 aromatic heterocycles. The first-order valence-corrected chi connectivity index (χ1v) is 48.6. The minimum atomic E-state index is -0.892. The Hall–Kier alpha value is -11.2. The second kappa shape index (κ2) is 47.3. The van der Waals surface area contributed by atoms with Crippen molar-refractivity contribution >= 4 is 105 Å². The Balaban J connectivity index is 0.000000149. The number of aromatic amines is 3. The molecule has 4 unspecified atom stereocenters. The smallest absolute Gasteiger partial charge is 0.478 e. The Kier molecular flexibility index (Phi) is 35.9. The van der Waals surface area contributed by atoms with Gasteiger partial charge < -0.3 is 60.4 Å². The van der Waals surface area contributed by atoms with Gasteiger partial charge in [-0.1, -0.05) is 137 Å². The van der Waals surface area contributed by atoms with Gasteiger partial charge in [0.15, 0.2) is 23.3 Å². The summed E-state index contributed by atoms with van der Waals surface area (Å²) in [6.07, 6.45) is 35.6. The molecular formula is C105H138BBrN16O11. The van der Waals surface area contributed by atoms with Crippen LogP contribution in [0.1, 0.15) is 301 Å². The number of aromatic nitrogens is 8. The van der Waals surface area contributed by atoms with Gasteiger partial charge in [0, 0.05) is 114 Å². The molecule has 1 saturated heterocycles. The lowest BCUT2D eigenvalue weighted by molar-refractivity contribution is -0.131. The molecule has 5 fully saturated rings. The fraction of sp³-hybridized carbons (Fsp3) is 0.476. The van der Waals surface area contributed by atoms with E-state index >= 15 is 0 Å². The molecule has 7 heterocycles. The Labute approximate surface area is 799 Å². The van der Waals surface area contributed by atoms with Crippen LogP contribution in [0, 0.1) is 0 Å². The molecule has 9 N–H and O–H groups in total. The number of H-pyrrole nitrogens is 3. The highest BCUT2D eigenvalue weighted by Gasteiger charge is 2.52. The van der Waals surface area contributed by atoms with Gasteiger partial charge in [-0.2, -0.15) is 20.0 Å². The van der Waals surface area contributed by atoms with Crippen molar-refractivity contribution in [3.8, 4) is 0 Å². The third kappa shape index (κ3) is 30.7. The molecule has 134 heavy (non-hydrogen) atoms. The summed E-state index contributed by atoms with van der Waals surface area (Å²) in [5.41, 5.74) is 16.0. The monoisotopic (exact) mass is 1890 g/mol. The van der Waals surface area contributed by atoms with Crippen LogP contribution >= 0.6 is 15.9 Å². The topological polar surface area (TPSA) is 341 Å². The zero-order valence-corrected chi connectivity index (χ0v) is 82.4. The zero-order valence-electron chi connectivity index (χ0n) is 80.8. The number of rotatable bonds is 26. The molecule has 4 saturated carbocycles. The molecule has 9 aliphatic rings. The van der Waals surface area contributed by atoms with E-state index in [0.29, 0.717) is 60.7 Å². The second-order valence-corrected chi connectivity index (χ2v) is 40.0. The Morgan fingerprint density at radius 3 is 1.34 bits per heavy atom. The van der Waals surface area contributed by atoms with Gasteiger partial charge in [-0.25, -0.2) is 9.59 Å². The van der Waals surface area contributed by atoms with Crippen molar-refractivity contribution < 1.29 is 52.7 Å². The number of halogens is 1. The number of nitrogens with one attached hydrogen (secondary N) is 8. The molecule has 5 amide bonds. The highest BCUT2D eigenvalue weighted by molar-refractivity contribution is 9.10. The van der Waals surface area contributed by atoms with Crippen LogP contribution in [-0.4, -0.2) is 193 Å². The quantitative estimate of drug-likeness (QED) is 0.0180. The van der Waals surface area contributed by atoms with Gasteiger partial charge in [0.1, 0.15) is 5.60 Å². The molecular weight excluding hydrogens is 1750 g/mol. The van der Waals surface area contributed by atoms with Crippen LogP contribution in [0.5, 0.6) is 0 Å². The molecule has 8 aromatic rings. The number of carbonyl (C=O) groups is 7. The lowest BCUT2D eigenvalue weighted by Crippen LogP contribution is -2.41. The number of ether oxygens (including phenoxy) is 1. The van der Waals surface area contributed by atoms with Gasteiger partial charge in [-0.15, -0.1) is 5.10 Å². The third-order valence-electron chi connectivity index (χ3n) is 25.6. The molecule has 0 bridgehead atoms. The molecule has 27 nitrogen and oxygen atoms in total. The lowest BCUT2D eigenvalue weighted by Gasteiger charge is -2.32. The van der Waals surface area contributed by atoms with E-state index in [4.69, 9.17) is 19.2 Å². The lowest BCUT2D eigenvalue weighted by atomic mass is 9.73. The van der Waals surface area contributed by atoms with Gasteiger partial charge >= 0.3 is 19.2 Å². The number of aliphatic carboxylic acids is 1. The zero-order chi connectivity index (χ0) is 96.0. The summed E-state index contributed by atoms with van der Waals surface area (Å²) < 4.78 is 19.7. The van der Waals surface area contributed by atoms with Crippen molar-refractivity contribution in [1.29, 1.82) is 0 Å². The van der Waals surface area contributed by atoms with E-state index in [0.717, 1.165) is 126 Å². The minimum absolute atomic E-state index is 0.0105. The van der Waals surface area contributed by atoms with E-state index in [-0.39, 0.29) is 77.4 Å². The van der Waals surface area contributed by atoms with E-state index in [1.165, 1.54) is 109 Å². The van der Waals surface area contributed by atoms with E-state index < -0.39 is 17.7 Å². The molecule has 714 valence electrons. The summed E-state index contributed by atoms with van der Waals surface area (Å²) >= 11 is 3.42. The van der Waals surface area contributed by atoms with Crippen molar-refractivity contribution in [2.24, 2.45) is 0 Å². The largest absolute Gasteiger partial charge is 0.490 e. The molecule has 0 radical (unpaired) electrons. The maximum atomic E-state index is 12.8. The Morgan fingerprint density at radius 1 is 0.530 bits per heavy atom. The van der Waals surface area contributed by atoms with E-state index in [2.05, 4.69) is 173 Å². The van der Waals surface area contributed by atoms with Crippen molar-refractivity contribution in [1.82, 2.24) is 60.4 Å². The number of anilines is 4. The fourth-order valence-electron chi connectivity index (χ4n) is 16.0. The van der Waals surface area contributed by atoms with E-state index in [1.54, 1.807) is 18.2 Å². The molecule has 3 aliphatic heterocycles. The predicted octanol–water partition coefficient (Wildman–Crippen LogP) is 20.5. The van der Waals surface area contributed by atoms with Crippen molar-refractivity contribution in [2.75, 3.05) is 88.7 Å². The highest BCUT2D eigenvalue weighted by atomic mass is 79.9. The number of benzene rings is 4. The van der Waals surface area contributed by atoms with E-state index in [1.807, 2.05) is 170 Å². The predicted molar refractivity (Wildman–Crippen MR) is 536 cm³/mol. The highest BCUT2D eigenvalue weighted by Crippen LogP contribution is 2.45. The van der Waals surface area contributed by atoms with Crippen LogP contribution in [0.15, 0.2) is 180 Å². The second-order valence-electron chi connectivity index (χ2n) is 39.0. The molecule has 4 atom stereocenters. The summed E-state index contributed by atoms with van der Waals surface area (Å²) in [7, 11) is 7.62. The van der Waals surface area contributed by atoms with Gasteiger partial charge in [0.2, 0.25) is 29.5 Å². The maximum Gasteiger partial charge on any atom is 0.490 e. The van der Waals surface area contributed by atoms with Crippen molar-refractivity contribution in [3.05, 3.63) is 242 Å². The number of likely N-dealkylation sites (N-methyl/N-ethyl adjacent to an activating group) is 2. The fourth-order valence-corrected chi connectivity index (χ4v) is 16.4. The van der Waals surface area contributed by atoms with Crippen LogP contribution in [0.3, 0.4) is 0 Å². The van der Waals surface area contributed by atoms with Crippen LogP contribution in [-0.2, 0) is 42.8 Å². The SMILES string of the molecule is CC(C(=O)Nc1cc(C2CC2)[nH]n1)c1cccc(C2=CCCCC2)c1.CC(C(=O)Nc1cc(C2CC2)[nH]n1)c1cccc(C2=CCN(C(=O)/C=C/CN(C)C)CC2)c1.CC(C(=O)Nc1cc(C2CC2)[nH]n1)c1cccc(C2=CCNCC2)c1.CC(C(=O)Nc1cc(C2CC2)n(C(=O)OC(C)(C)C)n1)c1cccc(Br)c1.CC1(C)OB(C2=CCCCC2)OC1(C)C.CN(C)C/C=C/C(=O)O. The summed E-state index contributed by atoms with van der Waals surface area (Å²) in [5.74, 6) is 2.09. The van der Waals surface area contributed by atoms with Gasteiger partial charge in [-0.05, 0) is 300 Å². The summed E-state index contributed by atoms with van der Waals surface area (Å²) in [6, 6.07) is 40.2. The van der Waals surface area contributed by atoms with Gasteiger partial charge in [0.05, 0.1) is 40.6 Å². The molecule has 6 aliphatic carbocycles. The average molecular weight is 1890 g/mol. The number of allylic oxidation sites excluding steroid dienone is 4. The first-order chi connectivity index (χ1) is 64.0. The van der Waals surface area contributed by atoms with Crippen LogP contribution in [0.25, 0.3) is 16.7 Å². The number of hydrogen-bond acceptors (Lipinski definition) is 17. The first-order valence-electron chi connectivity index (χ1n) is 47.8. The molecule has 17 rings (SSSR count). The number of amides is 5. The average Bonchev–Trinajstić information content (AvgIpc) is 1.62. The standard InChI is InChI=1S/C26H33N5O2.C21H25N3O.C20H24BrN3O3.C20H24N4O.C12H21BO2.C6H11NO2/c1-18(26(33)27-24-17-23(28-29-24)20-9-10-20)21-6-4-7-22(16-21)19-11-14-31(15-12-19)25(32)8-5-13-30(2)3;1-14(21(25)22-20-13-19(23-24-20)16-10-11-16)17-8-5-9-18(12-17)15-6-3-2-4-7-15;1-12(14-6-5-7-15(21)10-14)18(25)22-17-11-16(13-8-9-13)24(23-17)19(26)27-20(2,3)4;1-13(20(25)22-19-12-18(23-24-19)15-5-6-15)16-3-2-4-17(11-16)14-7-9-21-10-8-14;1-11(2)12(3,4)15-13(14-11)10-8-6-5-7-9-10;1-7(2)5-3-4-6(8)9/h4-8,11,16-18,20H,9-10,12-15H2,1-3H3,(H2,27,28,29,33);5-6,8-9,12-14,16H,2-4,7,10-11H2,1H3,(H2,22,23,24,25);5-7,10-13H,8-9H2,1-4H3,(H,22,23,25);2-4,7,11-13,15,21H,5-6,8-10H2,1H3,(H2,22,23,24,25);8H,5-7,9H2,1-4H3;3-4H,5H2,1-2H3,(H,8,9)/b8-5+;;;;;4-3+. The van der Waals surface area contributed by atoms with Crippen LogP contribution in [0.4, 0.5) is 28.1 Å². The third-order valence-corrected chi connectivity index (χ3v) is 26.1. The van der Waals surface area contributed by atoms with Gasteiger partial charge in [-0.3, -0.25) is 39.3 Å². The normalized spacial score (nSPS) is 18.3. The number of carboxylic acid groups (broad SMARTS) is 1. The van der Waals surface area contributed by atoms with Crippen molar-refractivity contribution in [3.63, 3.8) is 0 Å². The Bertz CT molecular complexity index is 5420. The van der Waals surface area contributed by atoms with Crippen LogP contribution < -0.4 is 26.6 Å². The van der Waals surface area contributed by atoms with E-state index in [9.17, 15) is 33.6 Å². The summed E-state index contributed by atoms with van der Waals surface area (Å²) in [6.45, 7) is 26.2. The molecule has 4 aromatic carbocycles. The number of carbonyl (C=O) groups excluding carboxylic acids is 6. The molecule has 0 spiro atoms. The van der Waals surface area contributed by atoms with Crippen molar-refractivity contribution in [2.45, 2.75) is 256 Å². The number of carboxylic acids is 1. The summed E-state index contributed by atoms with van der Waals surface area (Å²) in [5, 5.41) is 49.1. The first kappa shape index (κ1) is 102. The maximum absolute atomic E-state index is 12.8. The summed E-state index contributed by atoms with van der Waals surface area (Å²) in [4.78, 5) is 91.1. The number of nitrogens with zero attached hydrogens (tertiary/aromatic N) is 8. The molecule has 29 heteroatoms. The minimum Gasteiger partial charge on any atom is -0.478 e. The van der Waals surface area contributed by atoms with Crippen LogP contribution in [0.2, 0.25) is 0 Å². The number of hydrogen-bond donors (Lipinski definition) is 9.